The van der Waals surface area contributed by atoms with Crippen LogP contribution in [0.15, 0.2) is 35.5 Å². The molecule has 2 amide bonds. The molecule has 1 aromatic carbocycles. The molecular weight excluding hydrogens is 542 g/mol. The van der Waals surface area contributed by atoms with Gasteiger partial charge in [0.1, 0.15) is 11.6 Å². The molecule has 0 bridgehead atoms. The molecule has 3 aliphatic heterocycles. The highest BCUT2D eigenvalue weighted by Gasteiger charge is 2.46. The molecule has 3 saturated heterocycles. The predicted molar refractivity (Wildman–Crippen MR) is 172 cm³/mol. The number of aromatic amines is 1. The lowest BCUT2D eigenvalue weighted by molar-refractivity contribution is -0.137. The van der Waals surface area contributed by atoms with Crippen LogP contribution in [0.3, 0.4) is 0 Å². The molecule has 1 unspecified atom stereocenters. The maximum atomic E-state index is 13.8. The van der Waals surface area contributed by atoms with Crippen molar-refractivity contribution in [2.45, 2.75) is 31.6 Å². The summed E-state index contributed by atoms with van der Waals surface area (Å²) in [4.78, 5) is 47.0. The predicted octanol–water partition coefficient (Wildman–Crippen LogP) is 0.774. The number of piperazine rings is 2. The number of nitrogens with one attached hydrogen (secondary N) is 1. The molecule has 236 valence electrons. The second-order valence-electron chi connectivity index (χ2n) is 12.1. The summed E-state index contributed by atoms with van der Waals surface area (Å²) in [6.45, 7) is 14.8. The van der Waals surface area contributed by atoms with Crippen LogP contribution in [0.25, 0.3) is 10.9 Å². The highest BCUT2D eigenvalue weighted by Crippen LogP contribution is 2.33. The van der Waals surface area contributed by atoms with Gasteiger partial charge in [-0.05, 0) is 76.6 Å². The van der Waals surface area contributed by atoms with Crippen LogP contribution in [0.5, 0.6) is 0 Å². The lowest BCUT2D eigenvalue weighted by Crippen LogP contribution is -2.47. The van der Waals surface area contributed by atoms with Gasteiger partial charge in [-0.1, -0.05) is 18.2 Å². The quantitative estimate of drug-likeness (QED) is 0.204. The number of fused-ring (bicyclic) bond motifs is 1. The number of amides is 2. The summed E-state index contributed by atoms with van der Waals surface area (Å²) in [6.07, 6.45) is 5.60. The fourth-order valence-corrected chi connectivity index (χ4v) is 6.67. The zero-order chi connectivity index (χ0) is 30.0. The first-order chi connectivity index (χ1) is 21.1. The Balaban J connectivity index is 1.19. The van der Waals surface area contributed by atoms with Crippen LogP contribution in [0.2, 0.25) is 0 Å². The fourth-order valence-electron chi connectivity index (χ4n) is 6.67. The van der Waals surface area contributed by atoms with Crippen molar-refractivity contribution in [3.8, 4) is 0 Å². The van der Waals surface area contributed by atoms with Crippen LogP contribution >= 0.6 is 0 Å². The maximum Gasteiger partial charge on any atom is 0.275 e. The number of para-hydroxylation sites is 1. The van der Waals surface area contributed by atoms with Crippen molar-refractivity contribution in [2.75, 3.05) is 105 Å². The SMILES string of the molecule is NCCCN1CCN(CCCN=C2C(=O)N(CCCN3CCN(CCCN)CC3)C(=O)C2c2c[nH]c3ccccc23)CC1. The van der Waals surface area contributed by atoms with Crippen molar-refractivity contribution < 1.29 is 9.59 Å². The molecule has 11 nitrogen and oxygen atoms in total. The topological polar surface area (TPSA) is 131 Å². The zero-order valence-electron chi connectivity index (χ0n) is 25.8. The molecule has 0 radical (unpaired) electrons. The lowest BCUT2D eigenvalue weighted by Gasteiger charge is -2.34. The van der Waals surface area contributed by atoms with Gasteiger partial charge in [0.25, 0.3) is 5.91 Å². The number of carbonyl (C=O) groups excluding carboxylic acids is 2. The van der Waals surface area contributed by atoms with Crippen LogP contribution in [-0.2, 0) is 9.59 Å². The molecule has 3 aliphatic rings. The van der Waals surface area contributed by atoms with E-state index in [2.05, 4.69) is 24.6 Å². The van der Waals surface area contributed by atoms with E-state index < -0.39 is 5.92 Å². The van der Waals surface area contributed by atoms with Gasteiger partial charge in [0.2, 0.25) is 5.91 Å². The third-order valence-electron chi connectivity index (χ3n) is 9.24. The number of aliphatic imine (C=N–C) groups is 1. The van der Waals surface area contributed by atoms with Gasteiger partial charge in [0, 0.05) is 82.5 Å². The molecular formula is C32H51N9O2. The van der Waals surface area contributed by atoms with Gasteiger partial charge in [-0.2, -0.15) is 0 Å². The van der Waals surface area contributed by atoms with E-state index in [0.717, 1.165) is 134 Å². The van der Waals surface area contributed by atoms with E-state index in [1.807, 2.05) is 30.5 Å². The summed E-state index contributed by atoms with van der Waals surface area (Å²) in [5.41, 5.74) is 13.5. The third-order valence-corrected chi connectivity index (χ3v) is 9.24. The number of aromatic nitrogens is 1. The summed E-state index contributed by atoms with van der Waals surface area (Å²) in [5, 5.41) is 0.975. The third kappa shape index (κ3) is 8.09. The van der Waals surface area contributed by atoms with E-state index in [9.17, 15) is 9.59 Å². The van der Waals surface area contributed by atoms with E-state index in [1.54, 1.807) is 0 Å². The molecule has 2 aromatic rings. The molecule has 5 N–H and O–H groups in total. The molecule has 0 saturated carbocycles. The first-order valence-corrected chi connectivity index (χ1v) is 16.3. The molecule has 3 fully saturated rings. The second kappa shape index (κ2) is 15.9. The standard InChI is InChI=1S/C32H51N9O2/c33-9-3-12-37-17-21-39(22-18-37)14-5-11-35-30-29(27-25-36-28-8-2-1-7-26(27)28)31(42)41(32(30)43)16-6-15-40-23-19-38(20-24-40)13-4-10-34/h1-2,7-8,25,29,36H,3-6,9-24,33-34H2. The number of H-pyrrole nitrogens is 1. The lowest BCUT2D eigenvalue weighted by atomic mass is 9.95. The summed E-state index contributed by atoms with van der Waals surface area (Å²) < 4.78 is 0. The molecule has 4 heterocycles. The Morgan fingerprint density at radius 1 is 0.721 bits per heavy atom. The van der Waals surface area contributed by atoms with Gasteiger partial charge in [-0.3, -0.25) is 19.5 Å². The van der Waals surface area contributed by atoms with Gasteiger partial charge in [0.05, 0.1) is 0 Å². The van der Waals surface area contributed by atoms with Gasteiger partial charge >= 0.3 is 0 Å². The maximum absolute atomic E-state index is 13.8. The van der Waals surface area contributed by atoms with Gasteiger partial charge in [-0.15, -0.1) is 0 Å². The van der Waals surface area contributed by atoms with E-state index in [1.165, 1.54) is 4.90 Å². The Bertz CT molecular complexity index is 1210. The van der Waals surface area contributed by atoms with E-state index >= 15 is 0 Å². The summed E-state index contributed by atoms with van der Waals surface area (Å²) in [6, 6.07) is 7.96. The van der Waals surface area contributed by atoms with Crippen LogP contribution in [0.4, 0.5) is 0 Å². The van der Waals surface area contributed by atoms with E-state index in [0.29, 0.717) is 18.8 Å². The summed E-state index contributed by atoms with van der Waals surface area (Å²) in [5.74, 6) is -1.02. The highest BCUT2D eigenvalue weighted by atomic mass is 16.2. The largest absolute Gasteiger partial charge is 0.361 e. The number of benzene rings is 1. The van der Waals surface area contributed by atoms with Gasteiger partial charge in [0.15, 0.2) is 0 Å². The minimum absolute atomic E-state index is 0.145. The average molecular weight is 594 g/mol. The minimum atomic E-state index is -0.652. The second-order valence-corrected chi connectivity index (χ2v) is 12.1. The van der Waals surface area contributed by atoms with Crippen LogP contribution in [0, 0.1) is 0 Å². The van der Waals surface area contributed by atoms with Crippen molar-refractivity contribution in [1.29, 1.82) is 0 Å². The van der Waals surface area contributed by atoms with Crippen molar-refractivity contribution in [1.82, 2.24) is 29.5 Å². The number of imide groups is 1. The number of nitrogens with zero attached hydrogens (tertiary/aromatic N) is 6. The average Bonchev–Trinajstić information content (AvgIpc) is 3.56. The molecule has 11 heteroatoms. The van der Waals surface area contributed by atoms with Gasteiger partial charge in [-0.25, -0.2) is 0 Å². The van der Waals surface area contributed by atoms with Crippen LogP contribution < -0.4 is 11.5 Å². The molecule has 1 aromatic heterocycles. The number of likely N-dealkylation sites (tertiary alicyclic amines) is 1. The number of nitrogens with two attached hydrogens (primary N) is 2. The Kier molecular flexibility index (Phi) is 11.7. The Morgan fingerprint density at radius 3 is 1.84 bits per heavy atom. The number of rotatable bonds is 15. The Hall–Kier alpha value is -2.67. The molecule has 1 atom stereocenters. The van der Waals surface area contributed by atoms with E-state index in [-0.39, 0.29) is 11.8 Å². The zero-order valence-corrected chi connectivity index (χ0v) is 25.8. The van der Waals surface area contributed by atoms with Gasteiger partial charge < -0.3 is 36.1 Å². The van der Waals surface area contributed by atoms with Crippen molar-refractivity contribution in [3.63, 3.8) is 0 Å². The normalized spacial score (nSPS) is 22.5. The number of carbonyl (C=O) groups is 2. The minimum Gasteiger partial charge on any atom is -0.361 e. The fraction of sp³-hybridized carbons (Fsp3) is 0.656. The Labute approximate surface area is 256 Å². The van der Waals surface area contributed by atoms with Crippen LogP contribution in [-0.4, -0.2) is 152 Å². The van der Waals surface area contributed by atoms with Crippen molar-refractivity contribution >= 4 is 28.4 Å². The highest BCUT2D eigenvalue weighted by molar-refractivity contribution is 6.52. The van der Waals surface area contributed by atoms with Crippen LogP contribution in [0.1, 0.15) is 37.2 Å². The first kappa shape index (κ1) is 31.7. The number of hydrogen-bond donors (Lipinski definition) is 3. The molecule has 0 spiro atoms. The Morgan fingerprint density at radius 2 is 1.26 bits per heavy atom. The van der Waals surface area contributed by atoms with Crippen molar-refractivity contribution in [3.05, 3.63) is 36.0 Å². The summed E-state index contributed by atoms with van der Waals surface area (Å²) >= 11 is 0. The molecule has 0 aliphatic carbocycles. The molecule has 43 heavy (non-hydrogen) atoms. The first-order valence-electron chi connectivity index (χ1n) is 16.3. The number of hydrogen-bond acceptors (Lipinski definition) is 9. The van der Waals surface area contributed by atoms with E-state index in [4.69, 9.17) is 16.5 Å². The van der Waals surface area contributed by atoms with Crippen molar-refractivity contribution in [2.24, 2.45) is 16.5 Å². The monoisotopic (exact) mass is 593 g/mol. The molecule has 5 rings (SSSR count). The smallest absolute Gasteiger partial charge is 0.275 e. The summed E-state index contributed by atoms with van der Waals surface area (Å²) in [7, 11) is 0.